The molecule has 0 radical (unpaired) electrons. The Hall–Kier alpha value is -0.0400. The van der Waals surface area contributed by atoms with Crippen LogP contribution >= 0.6 is 0 Å². The number of rotatable bonds is 8. The fourth-order valence-electron chi connectivity index (χ4n) is 3.68. The van der Waals surface area contributed by atoms with Crippen molar-refractivity contribution in [2.24, 2.45) is 23.0 Å². The van der Waals surface area contributed by atoms with Crippen molar-refractivity contribution < 1.29 is 0 Å². The molecule has 0 aliphatic heterocycles. The molecule has 0 aromatic carbocycles. The predicted molar refractivity (Wildman–Crippen MR) is 77.0 cm³/mol. The van der Waals surface area contributed by atoms with E-state index in [1.165, 1.54) is 44.9 Å². The molecule has 17 heavy (non-hydrogen) atoms. The van der Waals surface area contributed by atoms with Crippen LogP contribution in [0.3, 0.4) is 0 Å². The van der Waals surface area contributed by atoms with Gasteiger partial charge in [0.1, 0.15) is 0 Å². The Labute approximate surface area is 109 Å². The zero-order chi connectivity index (χ0) is 13.1. The Morgan fingerprint density at radius 3 is 2.18 bits per heavy atom. The Balaban J connectivity index is 2.41. The van der Waals surface area contributed by atoms with Gasteiger partial charge in [0, 0.05) is 5.54 Å². The zero-order valence-corrected chi connectivity index (χ0v) is 12.7. The van der Waals surface area contributed by atoms with Crippen molar-refractivity contribution in [3.05, 3.63) is 0 Å². The summed E-state index contributed by atoms with van der Waals surface area (Å²) in [6.45, 7) is 11.7. The SMILES string of the molecule is CCCC1(C)CC1(N)C(C)CCC(CC)CC. The average molecular weight is 239 g/mol. The van der Waals surface area contributed by atoms with E-state index >= 15 is 0 Å². The Morgan fingerprint density at radius 2 is 1.71 bits per heavy atom. The van der Waals surface area contributed by atoms with Crippen LogP contribution in [0, 0.1) is 17.3 Å². The molecular formula is C16H33N. The Morgan fingerprint density at radius 1 is 1.12 bits per heavy atom. The molecule has 0 aromatic rings. The summed E-state index contributed by atoms with van der Waals surface area (Å²) in [6.07, 6.45) is 9.17. The molecule has 1 rings (SSSR count). The van der Waals surface area contributed by atoms with Gasteiger partial charge in [-0.05, 0) is 36.5 Å². The van der Waals surface area contributed by atoms with Gasteiger partial charge in [0.25, 0.3) is 0 Å². The third-order valence-electron chi connectivity index (χ3n) is 5.53. The van der Waals surface area contributed by atoms with E-state index in [0.717, 1.165) is 5.92 Å². The van der Waals surface area contributed by atoms with Crippen LogP contribution in [0.4, 0.5) is 0 Å². The highest BCUT2D eigenvalue weighted by atomic mass is 14.9. The van der Waals surface area contributed by atoms with E-state index in [0.29, 0.717) is 11.3 Å². The quantitative estimate of drug-likeness (QED) is 0.650. The van der Waals surface area contributed by atoms with Crippen molar-refractivity contribution in [3.8, 4) is 0 Å². The smallest absolute Gasteiger partial charge is 0.0241 e. The van der Waals surface area contributed by atoms with Gasteiger partial charge < -0.3 is 5.73 Å². The summed E-state index contributed by atoms with van der Waals surface area (Å²) in [7, 11) is 0. The molecule has 1 aliphatic rings. The second kappa shape index (κ2) is 5.73. The molecule has 0 aromatic heterocycles. The van der Waals surface area contributed by atoms with Gasteiger partial charge in [0.15, 0.2) is 0 Å². The molecule has 2 N–H and O–H groups in total. The predicted octanol–water partition coefficient (Wildman–Crippen LogP) is 4.75. The molecule has 1 heteroatoms. The van der Waals surface area contributed by atoms with Crippen LogP contribution in [-0.4, -0.2) is 5.54 Å². The lowest BCUT2D eigenvalue weighted by atomic mass is 9.83. The van der Waals surface area contributed by atoms with Gasteiger partial charge in [0.2, 0.25) is 0 Å². The van der Waals surface area contributed by atoms with Gasteiger partial charge in [-0.25, -0.2) is 0 Å². The van der Waals surface area contributed by atoms with Crippen molar-refractivity contribution >= 4 is 0 Å². The molecule has 3 unspecified atom stereocenters. The molecule has 1 aliphatic carbocycles. The molecule has 0 spiro atoms. The minimum Gasteiger partial charge on any atom is -0.324 e. The third-order valence-corrected chi connectivity index (χ3v) is 5.53. The van der Waals surface area contributed by atoms with Gasteiger partial charge in [0.05, 0.1) is 0 Å². The molecule has 1 fully saturated rings. The maximum atomic E-state index is 6.62. The first-order valence-corrected chi connectivity index (χ1v) is 7.72. The first-order valence-electron chi connectivity index (χ1n) is 7.72. The van der Waals surface area contributed by atoms with E-state index in [4.69, 9.17) is 5.73 Å². The van der Waals surface area contributed by atoms with Crippen LogP contribution in [0.2, 0.25) is 0 Å². The highest BCUT2D eigenvalue weighted by molar-refractivity contribution is 5.19. The van der Waals surface area contributed by atoms with Gasteiger partial charge in [-0.3, -0.25) is 0 Å². The van der Waals surface area contributed by atoms with Crippen LogP contribution in [0.25, 0.3) is 0 Å². The Bertz CT molecular complexity index is 234. The van der Waals surface area contributed by atoms with E-state index in [1.54, 1.807) is 0 Å². The summed E-state index contributed by atoms with van der Waals surface area (Å²) in [5.41, 5.74) is 7.21. The van der Waals surface area contributed by atoms with Crippen molar-refractivity contribution in [3.63, 3.8) is 0 Å². The molecule has 0 amide bonds. The zero-order valence-electron chi connectivity index (χ0n) is 12.7. The lowest BCUT2D eigenvalue weighted by Crippen LogP contribution is -2.37. The maximum Gasteiger partial charge on any atom is 0.0241 e. The van der Waals surface area contributed by atoms with E-state index in [9.17, 15) is 0 Å². The number of nitrogens with two attached hydrogens (primary N) is 1. The summed E-state index contributed by atoms with van der Waals surface area (Å²) in [5.74, 6) is 1.61. The Kier molecular flexibility index (Phi) is 5.07. The van der Waals surface area contributed by atoms with Gasteiger partial charge >= 0.3 is 0 Å². The molecular weight excluding hydrogens is 206 g/mol. The summed E-state index contributed by atoms with van der Waals surface area (Å²) in [5, 5.41) is 0. The van der Waals surface area contributed by atoms with Crippen molar-refractivity contribution in [1.82, 2.24) is 0 Å². The van der Waals surface area contributed by atoms with Crippen LogP contribution in [-0.2, 0) is 0 Å². The molecule has 102 valence electrons. The highest BCUT2D eigenvalue weighted by Gasteiger charge is 2.62. The fourth-order valence-corrected chi connectivity index (χ4v) is 3.68. The van der Waals surface area contributed by atoms with E-state index < -0.39 is 0 Å². The first-order chi connectivity index (χ1) is 7.93. The van der Waals surface area contributed by atoms with Gasteiger partial charge in [-0.2, -0.15) is 0 Å². The van der Waals surface area contributed by atoms with Gasteiger partial charge in [-0.1, -0.05) is 60.3 Å². The van der Waals surface area contributed by atoms with Crippen LogP contribution in [0.5, 0.6) is 0 Å². The van der Waals surface area contributed by atoms with Crippen LogP contribution < -0.4 is 5.73 Å². The lowest BCUT2D eigenvalue weighted by Gasteiger charge is -2.26. The summed E-state index contributed by atoms with van der Waals surface area (Å²) in [4.78, 5) is 0. The summed E-state index contributed by atoms with van der Waals surface area (Å²) >= 11 is 0. The minimum atomic E-state index is 0.148. The normalized spacial score (nSPS) is 34.1. The van der Waals surface area contributed by atoms with Crippen LogP contribution in [0.15, 0.2) is 0 Å². The van der Waals surface area contributed by atoms with E-state index in [1.807, 2.05) is 0 Å². The molecule has 1 nitrogen and oxygen atoms in total. The maximum absolute atomic E-state index is 6.62. The van der Waals surface area contributed by atoms with E-state index in [-0.39, 0.29) is 5.54 Å². The number of hydrogen-bond acceptors (Lipinski definition) is 1. The second-order valence-electron chi connectivity index (χ2n) is 6.69. The topological polar surface area (TPSA) is 26.0 Å². The average Bonchev–Trinajstić information content (AvgIpc) is 2.84. The van der Waals surface area contributed by atoms with Crippen LogP contribution in [0.1, 0.15) is 79.6 Å². The molecule has 3 atom stereocenters. The third kappa shape index (κ3) is 3.05. The second-order valence-corrected chi connectivity index (χ2v) is 6.69. The summed E-state index contributed by atoms with van der Waals surface area (Å²) < 4.78 is 0. The standard InChI is InChI=1S/C16H33N/c1-6-11-15(5)12-16(15,17)13(4)9-10-14(7-2)8-3/h13-14H,6-12,17H2,1-5H3. The lowest BCUT2D eigenvalue weighted by molar-refractivity contribution is 0.287. The molecule has 0 bridgehead atoms. The molecule has 1 saturated carbocycles. The molecule has 0 heterocycles. The fraction of sp³-hybridized carbons (Fsp3) is 1.00. The van der Waals surface area contributed by atoms with Crippen molar-refractivity contribution in [2.45, 2.75) is 85.1 Å². The summed E-state index contributed by atoms with van der Waals surface area (Å²) in [6, 6.07) is 0. The minimum absolute atomic E-state index is 0.148. The highest BCUT2D eigenvalue weighted by Crippen LogP contribution is 2.61. The van der Waals surface area contributed by atoms with E-state index in [2.05, 4.69) is 34.6 Å². The van der Waals surface area contributed by atoms with Gasteiger partial charge in [-0.15, -0.1) is 0 Å². The van der Waals surface area contributed by atoms with Crippen molar-refractivity contribution in [2.75, 3.05) is 0 Å². The first kappa shape index (κ1) is 15.0. The largest absolute Gasteiger partial charge is 0.324 e. The van der Waals surface area contributed by atoms with Crippen molar-refractivity contribution in [1.29, 1.82) is 0 Å². The number of hydrogen-bond donors (Lipinski definition) is 1. The monoisotopic (exact) mass is 239 g/mol. The molecule has 0 saturated heterocycles.